The van der Waals surface area contributed by atoms with E-state index in [-0.39, 0.29) is 17.4 Å². The van der Waals surface area contributed by atoms with E-state index in [1.807, 2.05) is 0 Å². The number of nitrogens with two attached hydrogens (primary N) is 1. The first kappa shape index (κ1) is 12.4. The summed E-state index contributed by atoms with van der Waals surface area (Å²) in [5.74, 6) is -0.291. The largest absolute Gasteiger partial charge is 0.392 e. The lowest BCUT2D eigenvalue weighted by Gasteiger charge is -2.05. The molecule has 0 aliphatic heterocycles. The van der Waals surface area contributed by atoms with Crippen LogP contribution in [0.25, 0.3) is 0 Å². The molecule has 0 saturated heterocycles. The van der Waals surface area contributed by atoms with E-state index in [4.69, 9.17) is 17.3 Å². The molecule has 15 heavy (non-hydrogen) atoms. The lowest BCUT2D eigenvalue weighted by molar-refractivity contribution is 0.0959. The predicted octanol–water partition coefficient (Wildman–Crippen LogP) is 2.12. The van der Waals surface area contributed by atoms with Crippen molar-refractivity contribution in [2.24, 2.45) is 5.73 Å². The molecule has 0 aliphatic rings. The van der Waals surface area contributed by atoms with E-state index in [0.29, 0.717) is 10.6 Å². The lowest BCUT2D eigenvalue weighted by atomic mass is 10.2. The van der Waals surface area contributed by atoms with Crippen LogP contribution in [0.5, 0.6) is 0 Å². The van der Waals surface area contributed by atoms with Gasteiger partial charge in [0, 0.05) is 4.47 Å². The van der Waals surface area contributed by atoms with Crippen molar-refractivity contribution in [3.05, 3.63) is 33.3 Å². The van der Waals surface area contributed by atoms with Crippen LogP contribution in [0.4, 0.5) is 0 Å². The van der Waals surface area contributed by atoms with E-state index >= 15 is 0 Å². The number of hydrogen-bond acceptors (Lipinski definition) is 2. The van der Waals surface area contributed by atoms with Crippen molar-refractivity contribution in [2.75, 3.05) is 6.54 Å². The molecule has 0 atom stereocenters. The van der Waals surface area contributed by atoms with Gasteiger partial charge in [-0.3, -0.25) is 4.79 Å². The van der Waals surface area contributed by atoms with Crippen LogP contribution in [-0.2, 0) is 0 Å². The van der Waals surface area contributed by atoms with Gasteiger partial charge in [-0.15, -0.1) is 0 Å². The fourth-order valence-electron chi connectivity index (χ4n) is 0.936. The summed E-state index contributed by atoms with van der Waals surface area (Å²) in [6, 6.07) is 5.01. The van der Waals surface area contributed by atoms with Gasteiger partial charge in [-0.1, -0.05) is 39.7 Å². The number of carbonyl (C=O) groups excluding carboxylic acids is 1. The highest BCUT2D eigenvalue weighted by molar-refractivity contribution is 9.10. The van der Waals surface area contributed by atoms with E-state index < -0.39 is 0 Å². The molecule has 0 fully saturated rings. The summed E-state index contributed by atoms with van der Waals surface area (Å²) in [5.41, 5.74) is 5.66. The van der Waals surface area contributed by atoms with Crippen molar-refractivity contribution in [1.29, 1.82) is 0 Å². The van der Waals surface area contributed by atoms with Gasteiger partial charge in [-0.05, 0) is 18.2 Å². The average Bonchev–Trinajstić information content (AvgIpc) is 2.14. The zero-order valence-electron chi connectivity index (χ0n) is 7.59. The van der Waals surface area contributed by atoms with Crippen LogP contribution >= 0.6 is 39.7 Å². The van der Waals surface area contributed by atoms with E-state index in [1.165, 1.54) is 0 Å². The van der Waals surface area contributed by atoms with Gasteiger partial charge in [0.1, 0.15) is 0 Å². The molecule has 0 radical (unpaired) electrons. The maximum Gasteiger partial charge on any atom is 0.253 e. The van der Waals surface area contributed by atoms with Gasteiger partial charge in [0.2, 0.25) is 0 Å². The fraction of sp³-hybridized carbons (Fsp3) is 0.111. The minimum absolute atomic E-state index is 0.167. The Balaban J connectivity index is 2.78. The third kappa shape index (κ3) is 3.77. The minimum atomic E-state index is -0.291. The normalized spacial score (nSPS) is 9.73. The van der Waals surface area contributed by atoms with Crippen LogP contribution < -0.4 is 11.1 Å². The molecule has 0 saturated carbocycles. The molecule has 1 aromatic rings. The van der Waals surface area contributed by atoms with Crippen molar-refractivity contribution >= 4 is 50.6 Å². The van der Waals surface area contributed by atoms with E-state index in [2.05, 4.69) is 33.5 Å². The molecule has 0 unspecified atom stereocenters. The summed E-state index contributed by atoms with van der Waals surface area (Å²) >= 11 is 13.8. The molecular formula is C9H8BrClN2OS. The molecule has 0 aliphatic carbocycles. The molecule has 1 amide bonds. The van der Waals surface area contributed by atoms with Crippen LogP contribution in [0.1, 0.15) is 10.4 Å². The number of halogens is 2. The third-order valence-electron chi connectivity index (χ3n) is 1.60. The van der Waals surface area contributed by atoms with E-state index in [0.717, 1.165) is 4.47 Å². The zero-order chi connectivity index (χ0) is 11.4. The Kier molecular flexibility index (Phi) is 4.50. The molecular weight excluding hydrogens is 300 g/mol. The van der Waals surface area contributed by atoms with Gasteiger partial charge in [-0.25, -0.2) is 0 Å². The van der Waals surface area contributed by atoms with Crippen molar-refractivity contribution < 1.29 is 4.79 Å². The molecule has 6 heteroatoms. The van der Waals surface area contributed by atoms with Gasteiger partial charge in [0.25, 0.3) is 5.91 Å². The van der Waals surface area contributed by atoms with Crippen LogP contribution in [-0.4, -0.2) is 17.4 Å². The topological polar surface area (TPSA) is 55.1 Å². The summed E-state index contributed by atoms with van der Waals surface area (Å²) in [6.07, 6.45) is 0. The van der Waals surface area contributed by atoms with Crippen molar-refractivity contribution in [2.45, 2.75) is 0 Å². The SMILES string of the molecule is NC(=S)CNC(=O)c1ccc(Br)cc1Cl. The molecule has 0 aromatic heterocycles. The van der Waals surface area contributed by atoms with Gasteiger partial charge < -0.3 is 11.1 Å². The highest BCUT2D eigenvalue weighted by Gasteiger charge is 2.09. The maximum atomic E-state index is 11.6. The molecule has 0 spiro atoms. The molecule has 0 heterocycles. The summed E-state index contributed by atoms with van der Waals surface area (Å²) in [6.45, 7) is 0.167. The van der Waals surface area contributed by atoms with Crippen molar-refractivity contribution in [3.8, 4) is 0 Å². The Morgan fingerprint density at radius 1 is 1.60 bits per heavy atom. The monoisotopic (exact) mass is 306 g/mol. The maximum absolute atomic E-state index is 11.6. The molecule has 3 nitrogen and oxygen atoms in total. The highest BCUT2D eigenvalue weighted by atomic mass is 79.9. The first-order chi connectivity index (χ1) is 7.00. The fourth-order valence-corrected chi connectivity index (χ4v) is 1.77. The number of hydrogen-bond donors (Lipinski definition) is 2. The highest BCUT2D eigenvalue weighted by Crippen LogP contribution is 2.21. The van der Waals surface area contributed by atoms with Crippen LogP contribution in [0.15, 0.2) is 22.7 Å². The number of benzene rings is 1. The smallest absolute Gasteiger partial charge is 0.253 e. The van der Waals surface area contributed by atoms with Gasteiger partial charge in [0.05, 0.1) is 22.1 Å². The number of amides is 1. The van der Waals surface area contributed by atoms with E-state index in [9.17, 15) is 4.79 Å². The summed E-state index contributed by atoms with van der Waals surface area (Å²) in [5, 5.41) is 2.93. The van der Waals surface area contributed by atoms with Gasteiger partial charge >= 0.3 is 0 Å². The number of nitrogens with one attached hydrogen (secondary N) is 1. The molecule has 1 rings (SSSR count). The standard InChI is InChI=1S/C9H8BrClN2OS/c10-5-1-2-6(7(11)3-5)9(14)13-4-8(12)15/h1-3H,4H2,(H2,12,15)(H,13,14). The minimum Gasteiger partial charge on any atom is -0.392 e. The second kappa shape index (κ2) is 5.44. The Hall–Kier alpha value is -0.650. The van der Waals surface area contributed by atoms with Crippen LogP contribution in [0, 0.1) is 0 Å². The first-order valence-corrected chi connectivity index (χ1v) is 5.60. The summed E-state index contributed by atoms with van der Waals surface area (Å²) < 4.78 is 0.818. The Labute approximate surface area is 106 Å². The number of carbonyl (C=O) groups is 1. The first-order valence-electron chi connectivity index (χ1n) is 4.02. The quantitative estimate of drug-likeness (QED) is 0.841. The lowest BCUT2D eigenvalue weighted by Crippen LogP contribution is -2.32. The number of rotatable bonds is 3. The zero-order valence-corrected chi connectivity index (χ0v) is 10.7. The summed E-state index contributed by atoms with van der Waals surface area (Å²) in [4.78, 5) is 11.8. The summed E-state index contributed by atoms with van der Waals surface area (Å²) in [7, 11) is 0. The number of thiocarbonyl (C=S) groups is 1. The van der Waals surface area contributed by atoms with Crippen LogP contribution in [0.2, 0.25) is 5.02 Å². The average molecular weight is 308 g/mol. The second-order valence-corrected chi connectivity index (χ2v) is 4.62. The van der Waals surface area contributed by atoms with Crippen LogP contribution in [0.3, 0.4) is 0 Å². The molecule has 3 N–H and O–H groups in total. The molecule has 0 bridgehead atoms. The van der Waals surface area contributed by atoms with E-state index in [1.54, 1.807) is 18.2 Å². The molecule has 1 aromatic carbocycles. The Morgan fingerprint density at radius 3 is 2.80 bits per heavy atom. The molecule has 80 valence electrons. The predicted molar refractivity (Wildman–Crippen MR) is 68.3 cm³/mol. The van der Waals surface area contributed by atoms with Crippen molar-refractivity contribution in [3.63, 3.8) is 0 Å². The third-order valence-corrected chi connectivity index (χ3v) is 2.55. The van der Waals surface area contributed by atoms with Gasteiger partial charge in [-0.2, -0.15) is 0 Å². The second-order valence-electron chi connectivity index (χ2n) is 2.77. The Morgan fingerprint density at radius 2 is 2.27 bits per heavy atom. The van der Waals surface area contributed by atoms with Gasteiger partial charge in [0.15, 0.2) is 0 Å². The van der Waals surface area contributed by atoms with Crippen molar-refractivity contribution in [1.82, 2.24) is 5.32 Å². The Bertz CT molecular complexity index is 411.